The lowest BCUT2D eigenvalue weighted by atomic mass is 10.1. The number of carbonyl (C=O) groups excluding carboxylic acids is 1. The van der Waals surface area contributed by atoms with Gasteiger partial charge in [0.1, 0.15) is 16.5 Å². The first kappa shape index (κ1) is 30.0. The number of halogens is 6. The standard InChI is InChI=1S/C25H22F6N2O4S2/c1-2-35-22(34)20-12-19(8-15-6-4-3-5-7-15)39-21(20)33-23(38)32-16-9-17(36-13-24(26,27)28)11-18(10-16)37-14-25(29,30)31/h3-7,9-12H,2,8,13-14H2,1H3,(H2,32,33,38). The zero-order valence-electron chi connectivity index (χ0n) is 20.2. The van der Waals surface area contributed by atoms with Crippen molar-refractivity contribution in [3.05, 3.63) is 70.6 Å². The summed E-state index contributed by atoms with van der Waals surface area (Å²) in [5.41, 5.74) is 1.21. The Labute approximate surface area is 228 Å². The molecule has 0 radical (unpaired) electrons. The Bertz CT molecular complexity index is 1240. The molecule has 0 aliphatic rings. The zero-order valence-corrected chi connectivity index (χ0v) is 21.9. The van der Waals surface area contributed by atoms with Gasteiger partial charge in [-0.3, -0.25) is 0 Å². The summed E-state index contributed by atoms with van der Waals surface area (Å²) in [5.74, 6) is -1.39. The van der Waals surface area contributed by atoms with E-state index in [-0.39, 0.29) is 23.0 Å². The first-order chi connectivity index (χ1) is 18.3. The van der Waals surface area contributed by atoms with Crippen LogP contribution in [0.1, 0.15) is 27.7 Å². The third kappa shape index (κ3) is 10.3. The Hall–Kier alpha value is -3.52. The molecule has 1 aromatic heterocycles. The van der Waals surface area contributed by atoms with E-state index < -0.39 is 43.0 Å². The van der Waals surface area contributed by atoms with Crippen molar-refractivity contribution in [2.24, 2.45) is 0 Å². The molecule has 2 N–H and O–H groups in total. The number of ether oxygens (including phenoxy) is 3. The summed E-state index contributed by atoms with van der Waals surface area (Å²) in [6.07, 6.45) is -8.82. The van der Waals surface area contributed by atoms with Crippen LogP contribution in [0.2, 0.25) is 0 Å². The Morgan fingerprint density at radius 1 is 0.897 bits per heavy atom. The van der Waals surface area contributed by atoms with Gasteiger partial charge in [-0.05, 0) is 30.8 Å². The molecule has 3 rings (SSSR count). The molecule has 0 saturated heterocycles. The maximum atomic E-state index is 12.6. The van der Waals surface area contributed by atoms with Crippen LogP contribution in [0.3, 0.4) is 0 Å². The van der Waals surface area contributed by atoms with Gasteiger partial charge in [0.25, 0.3) is 0 Å². The van der Waals surface area contributed by atoms with E-state index in [0.29, 0.717) is 11.4 Å². The molecule has 0 atom stereocenters. The highest BCUT2D eigenvalue weighted by molar-refractivity contribution is 7.80. The van der Waals surface area contributed by atoms with Crippen molar-refractivity contribution in [3.8, 4) is 11.5 Å². The Balaban J connectivity index is 1.81. The number of alkyl halides is 6. The predicted molar refractivity (Wildman–Crippen MR) is 139 cm³/mol. The van der Waals surface area contributed by atoms with Crippen LogP contribution in [0, 0.1) is 0 Å². The SMILES string of the molecule is CCOC(=O)c1cc(Cc2ccccc2)sc1NC(=S)Nc1cc(OCC(F)(F)F)cc(OCC(F)(F)F)c1. The van der Waals surface area contributed by atoms with Crippen LogP contribution in [0.15, 0.2) is 54.6 Å². The van der Waals surface area contributed by atoms with E-state index in [1.807, 2.05) is 30.3 Å². The van der Waals surface area contributed by atoms with E-state index in [1.165, 1.54) is 11.3 Å². The largest absolute Gasteiger partial charge is 0.484 e. The molecule has 0 bridgehead atoms. The van der Waals surface area contributed by atoms with Crippen LogP contribution in [0.25, 0.3) is 0 Å². The lowest BCUT2D eigenvalue weighted by Crippen LogP contribution is -2.22. The molecule has 0 aliphatic heterocycles. The van der Waals surface area contributed by atoms with Gasteiger partial charge in [-0.25, -0.2) is 4.79 Å². The summed E-state index contributed by atoms with van der Waals surface area (Å²) in [7, 11) is 0. The van der Waals surface area contributed by atoms with Crippen molar-refractivity contribution < 1.29 is 45.3 Å². The molecule has 210 valence electrons. The van der Waals surface area contributed by atoms with Crippen LogP contribution in [0.5, 0.6) is 11.5 Å². The van der Waals surface area contributed by atoms with Gasteiger partial charge in [-0.2, -0.15) is 26.3 Å². The number of thiocarbonyl (C=S) groups is 1. The highest BCUT2D eigenvalue weighted by Gasteiger charge is 2.30. The van der Waals surface area contributed by atoms with Crippen molar-refractivity contribution in [2.45, 2.75) is 25.7 Å². The van der Waals surface area contributed by atoms with Gasteiger partial charge >= 0.3 is 18.3 Å². The predicted octanol–water partition coefficient (Wildman–Crippen LogP) is 7.21. The highest BCUT2D eigenvalue weighted by Crippen LogP contribution is 2.32. The van der Waals surface area contributed by atoms with Crippen molar-refractivity contribution >= 4 is 45.3 Å². The molecule has 0 aliphatic carbocycles. The maximum absolute atomic E-state index is 12.6. The number of thiophene rings is 1. The van der Waals surface area contributed by atoms with Gasteiger partial charge in [0.05, 0.1) is 12.2 Å². The third-order valence-corrected chi connectivity index (χ3v) is 5.92. The minimum absolute atomic E-state index is 0.0110. The molecule has 14 heteroatoms. The van der Waals surface area contributed by atoms with Gasteiger partial charge in [-0.15, -0.1) is 11.3 Å². The Morgan fingerprint density at radius 3 is 2.03 bits per heavy atom. The molecular weight excluding hydrogens is 570 g/mol. The monoisotopic (exact) mass is 592 g/mol. The van der Waals surface area contributed by atoms with Crippen molar-refractivity contribution in [1.29, 1.82) is 0 Å². The Kier molecular flexibility index (Phi) is 10.0. The fourth-order valence-corrected chi connectivity index (χ4v) is 4.55. The quantitative estimate of drug-likeness (QED) is 0.147. The number of hydrogen-bond acceptors (Lipinski definition) is 6. The molecule has 39 heavy (non-hydrogen) atoms. The topological polar surface area (TPSA) is 68.8 Å². The van der Waals surface area contributed by atoms with Crippen LogP contribution in [0.4, 0.5) is 37.0 Å². The van der Waals surface area contributed by atoms with Crippen LogP contribution in [-0.4, -0.2) is 43.3 Å². The fourth-order valence-electron chi connectivity index (χ4n) is 3.19. The van der Waals surface area contributed by atoms with E-state index in [1.54, 1.807) is 13.0 Å². The van der Waals surface area contributed by atoms with E-state index in [9.17, 15) is 31.1 Å². The molecule has 6 nitrogen and oxygen atoms in total. The second-order valence-electron chi connectivity index (χ2n) is 7.92. The minimum Gasteiger partial charge on any atom is -0.484 e. The van der Waals surface area contributed by atoms with E-state index in [4.69, 9.17) is 17.0 Å². The van der Waals surface area contributed by atoms with Crippen LogP contribution < -0.4 is 20.1 Å². The normalized spacial score (nSPS) is 11.6. The molecule has 2 aromatic carbocycles. The van der Waals surface area contributed by atoms with Gasteiger partial charge in [0.15, 0.2) is 18.3 Å². The molecular formula is C25H22F6N2O4S2. The number of benzene rings is 2. The maximum Gasteiger partial charge on any atom is 0.422 e. The van der Waals surface area contributed by atoms with Crippen molar-refractivity contribution in [2.75, 3.05) is 30.5 Å². The minimum atomic E-state index is -4.67. The first-order valence-corrected chi connectivity index (χ1v) is 12.5. The third-order valence-electron chi connectivity index (χ3n) is 4.67. The van der Waals surface area contributed by atoms with Gasteiger partial charge < -0.3 is 24.8 Å². The van der Waals surface area contributed by atoms with Gasteiger partial charge in [0.2, 0.25) is 0 Å². The molecule has 0 fully saturated rings. The molecule has 3 aromatic rings. The average molecular weight is 593 g/mol. The van der Waals surface area contributed by atoms with Crippen molar-refractivity contribution in [3.63, 3.8) is 0 Å². The number of nitrogens with one attached hydrogen (secondary N) is 2. The summed E-state index contributed by atoms with van der Waals surface area (Å²) in [5, 5.41) is 5.78. The van der Waals surface area contributed by atoms with Gasteiger partial charge in [0, 0.05) is 35.2 Å². The number of esters is 1. The second kappa shape index (κ2) is 13.0. The Morgan fingerprint density at radius 2 is 1.49 bits per heavy atom. The lowest BCUT2D eigenvalue weighted by Gasteiger charge is -2.16. The molecule has 0 spiro atoms. The first-order valence-electron chi connectivity index (χ1n) is 11.3. The average Bonchev–Trinajstić information content (AvgIpc) is 3.23. The summed E-state index contributed by atoms with van der Waals surface area (Å²) < 4.78 is 90.1. The van der Waals surface area contributed by atoms with Crippen LogP contribution in [-0.2, 0) is 11.2 Å². The van der Waals surface area contributed by atoms with Crippen LogP contribution >= 0.6 is 23.6 Å². The number of hydrogen-bond donors (Lipinski definition) is 2. The second-order valence-corrected chi connectivity index (χ2v) is 9.46. The van der Waals surface area contributed by atoms with E-state index in [2.05, 4.69) is 20.1 Å². The number of anilines is 2. The van der Waals surface area contributed by atoms with E-state index >= 15 is 0 Å². The summed E-state index contributed by atoms with van der Waals surface area (Å²) in [6, 6.07) is 14.3. The van der Waals surface area contributed by atoms with Crippen molar-refractivity contribution in [1.82, 2.24) is 0 Å². The zero-order chi connectivity index (χ0) is 28.6. The highest BCUT2D eigenvalue weighted by atomic mass is 32.1. The molecule has 0 unspecified atom stereocenters. The van der Waals surface area contributed by atoms with Gasteiger partial charge in [-0.1, -0.05) is 30.3 Å². The number of rotatable bonds is 10. The summed E-state index contributed by atoms with van der Waals surface area (Å²) in [4.78, 5) is 13.3. The van der Waals surface area contributed by atoms with E-state index in [0.717, 1.165) is 28.6 Å². The summed E-state index contributed by atoms with van der Waals surface area (Å²) >= 11 is 6.53. The lowest BCUT2D eigenvalue weighted by molar-refractivity contribution is -0.153. The fraction of sp³-hybridized carbons (Fsp3) is 0.280. The summed E-state index contributed by atoms with van der Waals surface area (Å²) in [6.45, 7) is -1.54. The molecule has 0 saturated carbocycles. The molecule has 1 heterocycles. The smallest absolute Gasteiger partial charge is 0.422 e. The number of carbonyl (C=O) groups is 1. The molecule has 0 amide bonds.